The molecular weight excluding hydrogens is 202 g/mol. The number of thioether (sulfide) groups is 1. The van der Waals surface area contributed by atoms with Gasteiger partial charge in [0.1, 0.15) is 0 Å². The van der Waals surface area contributed by atoms with Gasteiger partial charge in [-0.15, -0.1) is 0 Å². The fourth-order valence-electron chi connectivity index (χ4n) is 1.56. The van der Waals surface area contributed by atoms with Crippen LogP contribution in [-0.4, -0.2) is 0 Å². The van der Waals surface area contributed by atoms with Crippen LogP contribution in [0, 0.1) is 6.92 Å². The van der Waals surface area contributed by atoms with Crippen LogP contribution in [0.5, 0.6) is 0 Å². The first kappa shape index (κ1) is 10.1. The van der Waals surface area contributed by atoms with Crippen molar-refractivity contribution in [2.24, 2.45) is 0 Å². The van der Waals surface area contributed by atoms with E-state index in [1.54, 1.807) is 11.8 Å². The SMILES string of the molecule is C=CC1=C(C=C)Sc2cccc(C)c2N1. The van der Waals surface area contributed by atoms with Gasteiger partial charge in [-0.3, -0.25) is 0 Å². The lowest BCUT2D eigenvalue weighted by Gasteiger charge is -2.22. The Morgan fingerprint density at radius 1 is 1.27 bits per heavy atom. The number of rotatable bonds is 2. The first-order valence-corrected chi connectivity index (χ1v) is 5.61. The number of anilines is 1. The third-order valence-electron chi connectivity index (χ3n) is 2.37. The van der Waals surface area contributed by atoms with Crippen molar-refractivity contribution < 1.29 is 0 Å². The van der Waals surface area contributed by atoms with Gasteiger partial charge >= 0.3 is 0 Å². The zero-order chi connectivity index (χ0) is 10.8. The third-order valence-corrected chi connectivity index (χ3v) is 3.54. The number of benzene rings is 1. The standard InChI is InChI=1S/C13H13NS/c1-4-10-11(5-2)15-12-8-6-7-9(3)13(12)14-10/h4-8,14H,1-2H2,3H3. The summed E-state index contributed by atoms with van der Waals surface area (Å²) in [6.45, 7) is 9.72. The number of para-hydroxylation sites is 1. The predicted octanol–water partition coefficient (Wildman–Crippen LogP) is 4.10. The van der Waals surface area contributed by atoms with E-state index in [9.17, 15) is 0 Å². The molecule has 0 amide bonds. The van der Waals surface area contributed by atoms with Gasteiger partial charge < -0.3 is 5.32 Å². The van der Waals surface area contributed by atoms with E-state index in [-0.39, 0.29) is 0 Å². The lowest BCUT2D eigenvalue weighted by molar-refractivity contribution is 1.29. The largest absolute Gasteiger partial charge is 0.353 e. The Balaban J connectivity index is 2.51. The Hall–Kier alpha value is -1.41. The minimum Gasteiger partial charge on any atom is -0.353 e. The van der Waals surface area contributed by atoms with Crippen LogP contribution in [0.15, 0.2) is 59.0 Å². The van der Waals surface area contributed by atoms with E-state index in [0.29, 0.717) is 0 Å². The van der Waals surface area contributed by atoms with Crippen LogP contribution in [0.2, 0.25) is 0 Å². The molecule has 2 heteroatoms. The number of hydrogen-bond donors (Lipinski definition) is 1. The fourth-order valence-corrected chi connectivity index (χ4v) is 2.58. The summed E-state index contributed by atoms with van der Waals surface area (Å²) in [5, 5.41) is 3.39. The summed E-state index contributed by atoms with van der Waals surface area (Å²) in [7, 11) is 0. The maximum atomic E-state index is 3.81. The van der Waals surface area contributed by atoms with Gasteiger partial charge in [0.15, 0.2) is 0 Å². The molecule has 1 aromatic rings. The Morgan fingerprint density at radius 3 is 2.73 bits per heavy atom. The molecule has 1 aliphatic heterocycles. The maximum Gasteiger partial charge on any atom is 0.0556 e. The highest BCUT2D eigenvalue weighted by molar-refractivity contribution is 8.03. The second-order valence-corrected chi connectivity index (χ2v) is 4.45. The molecule has 0 atom stereocenters. The monoisotopic (exact) mass is 215 g/mol. The van der Waals surface area contributed by atoms with Gasteiger partial charge in [0.05, 0.1) is 11.4 Å². The molecule has 0 radical (unpaired) electrons. The van der Waals surface area contributed by atoms with Crippen molar-refractivity contribution in [3.63, 3.8) is 0 Å². The van der Waals surface area contributed by atoms with Gasteiger partial charge in [-0.05, 0) is 24.6 Å². The van der Waals surface area contributed by atoms with Crippen molar-refractivity contribution in [3.05, 3.63) is 59.7 Å². The van der Waals surface area contributed by atoms with Crippen molar-refractivity contribution in [1.29, 1.82) is 0 Å². The number of allylic oxidation sites excluding steroid dienone is 2. The first-order valence-electron chi connectivity index (χ1n) is 4.80. The highest BCUT2D eigenvalue weighted by atomic mass is 32.2. The third kappa shape index (κ3) is 1.73. The molecule has 0 fully saturated rings. The smallest absolute Gasteiger partial charge is 0.0556 e. The minimum absolute atomic E-state index is 1.04. The zero-order valence-corrected chi connectivity index (χ0v) is 9.53. The van der Waals surface area contributed by atoms with Crippen LogP contribution >= 0.6 is 11.8 Å². The van der Waals surface area contributed by atoms with E-state index in [0.717, 1.165) is 10.6 Å². The van der Waals surface area contributed by atoms with E-state index >= 15 is 0 Å². The van der Waals surface area contributed by atoms with Crippen molar-refractivity contribution in [1.82, 2.24) is 0 Å². The summed E-state index contributed by atoms with van der Waals surface area (Å²) in [4.78, 5) is 2.37. The Labute approximate surface area is 94.6 Å². The van der Waals surface area contributed by atoms with E-state index in [1.165, 1.54) is 16.1 Å². The maximum absolute atomic E-state index is 3.81. The highest BCUT2D eigenvalue weighted by Crippen LogP contribution is 2.41. The molecule has 1 aromatic carbocycles. The van der Waals surface area contributed by atoms with Crippen molar-refractivity contribution in [2.75, 3.05) is 5.32 Å². The number of fused-ring (bicyclic) bond motifs is 1. The van der Waals surface area contributed by atoms with Crippen LogP contribution < -0.4 is 5.32 Å². The van der Waals surface area contributed by atoms with Gasteiger partial charge in [-0.1, -0.05) is 43.1 Å². The van der Waals surface area contributed by atoms with Crippen LogP contribution in [0.3, 0.4) is 0 Å². The molecule has 1 heterocycles. The summed E-state index contributed by atoms with van der Waals surface area (Å²) in [5.41, 5.74) is 3.47. The molecule has 1 nitrogen and oxygen atoms in total. The summed E-state index contributed by atoms with van der Waals surface area (Å²) in [6, 6.07) is 6.29. The van der Waals surface area contributed by atoms with Crippen LogP contribution in [0.25, 0.3) is 0 Å². The van der Waals surface area contributed by atoms with E-state index in [4.69, 9.17) is 0 Å². The second kappa shape index (κ2) is 3.99. The topological polar surface area (TPSA) is 12.0 Å². The molecule has 0 bridgehead atoms. The molecule has 2 rings (SSSR count). The summed E-state index contributed by atoms with van der Waals surface area (Å²) >= 11 is 1.73. The van der Waals surface area contributed by atoms with Crippen molar-refractivity contribution in [3.8, 4) is 0 Å². The molecule has 0 aromatic heterocycles. The zero-order valence-electron chi connectivity index (χ0n) is 8.71. The molecule has 0 unspecified atom stereocenters. The van der Waals surface area contributed by atoms with E-state index in [1.807, 2.05) is 12.2 Å². The van der Waals surface area contributed by atoms with Gasteiger partial charge in [0.25, 0.3) is 0 Å². The molecule has 0 aliphatic carbocycles. The first-order chi connectivity index (χ1) is 7.26. The molecule has 0 saturated heterocycles. The summed E-state index contributed by atoms with van der Waals surface area (Å²) < 4.78 is 0. The van der Waals surface area contributed by atoms with Crippen LogP contribution in [0.4, 0.5) is 5.69 Å². The van der Waals surface area contributed by atoms with Gasteiger partial charge in [0.2, 0.25) is 0 Å². The average Bonchev–Trinajstić information content (AvgIpc) is 2.28. The summed E-state index contributed by atoms with van der Waals surface area (Å²) in [6.07, 6.45) is 3.69. The molecule has 0 saturated carbocycles. The molecule has 76 valence electrons. The van der Waals surface area contributed by atoms with Gasteiger partial charge in [-0.25, -0.2) is 0 Å². The number of hydrogen-bond acceptors (Lipinski definition) is 2. The van der Waals surface area contributed by atoms with Crippen LogP contribution in [-0.2, 0) is 0 Å². The van der Waals surface area contributed by atoms with Gasteiger partial charge in [0, 0.05) is 9.80 Å². The molecule has 1 N–H and O–H groups in total. The predicted molar refractivity (Wildman–Crippen MR) is 68.1 cm³/mol. The van der Waals surface area contributed by atoms with E-state index < -0.39 is 0 Å². The Kier molecular flexibility index (Phi) is 2.69. The lowest BCUT2D eigenvalue weighted by atomic mass is 10.2. The molecular formula is C13H13NS. The van der Waals surface area contributed by atoms with Crippen molar-refractivity contribution in [2.45, 2.75) is 11.8 Å². The Bertz CT molecular complexity index is 458. The normalized spacial score (nSPS) is 14.2. The van der Waals surface area contributed by atoms with Crippen LogP contribution in [0.1, 0.15) is 5.56 Å². The van der Waals surface area contributed by atoms with Gasteiger partial charge in [-0.2, -0.15) is 0 Å². The van der Waals surface area contributed by atoms with Crippen molar-refractivity contribution >= 4 is 17.4 Å². The fraction of sp³-hybridized carbons (Fsp3) is 0.0769. The lowest BCUT2D eigenvalue weighted by Crippen LogP contribution is -2.06. The number of nitrogens with one attached hydrogen (secondary N) is 1. The Morgan fingerprint density at radius 2 is 2.07 bits per heavy atom. The minimum atomic E-state index is 1.04. The summed E-state index contributed by atoms with van der Waals surface area (Å²) in [5.74, 6) is 0. The number of aryl methyl sites for hydroxylation is 1. The average molecular weight is 215 g/mol. The van der Waals surface area contributed by atoms with E-state index in [2.05, 4.69) is 43.6 Å². The molecule has 15 heavy (non-hydrogen) atoms. The molecule has 1 aliphatic rings. The molecule has 0 spiro atoms. The highest BCUT2D eigenvalue weighted by Gasteiger charge is 2.15. The second-order valence-electron chi connectivity index (χ2n) is 3.36. The quantitative estimate of drug-likeness (QED) is 0.797.